The first-order valence-electron chi connectivity index (χ1n) is 14.7. The van der Waals surface area contributed by atoms with Crippen LogP contribution < -0.4 is 15.3 Å². The molecule has 0 spiro atoms. The van der Waals surface area contributed by atoms with E-state index in [1.807, 2.05) is 54.6 Å². The maximum absolute atomic E-state index is 16.1. The summed E-state index contributed by atoms with van der Waals surface area (Å²) in [5.41, 5.74) is 1.31. The summed E-state index contributed by atoms with van der Waals surface area (Å²) in [6.45, 7) is 0. The summed E-state index contributed by atoms with van der Waals surface area (Å²) >= 11 is 13.0. The minimum atomic E-state index is -3.93. The quantitative estimate of drug-likeness (QED) is 0.0798. The van der Waals surface area contributed by atoms with E-state index in [1.54, 1.807) is 54.6 Å². The van der Waals surface area contributed by atoms with E-state index in [-0.39, 0.29) is 0 Å². The fraction of sp³-hybridized carbons (Fsp3) is 0.0526. The van der Waals surface area contributed by atoms with Crippen molar-refractivity contribution >= 4 is 73.3 Å². The molecule has 5 nitrogen and oxygen atoms in total. The Morgan fingerprint density at radius 2 is 1.30 bits per heavy atom. The summed E-state index contributed by atoms with van der Waals surface area (Å²) < 4.78 is 22.3. The number of hydrogen-bond donors (Lipinski definition) is 0. The molecule has 0 aromatic heterocycles. The smallest absolute Gasteiger partial charge is 0.368 e. The van der Waals surface area contributed by atoms with Crippen molar-refractivity contribution in [3.63, 3.8) is 0 Å². The van der Waals surface area contributed by atoms with Crippen LogP contribution in [0.3, 0.4) is 0 Å². The van der Waals surface area contributed by atoms with Crippen molar-refractivity contribution in [3.8, 4) is 16.9 Å². The van der Waals surface area contributed by atoms with Gasteiger partial charge in [0.2, 0.25) is 0 Å². The van der Waals surface area contributed by atoms with Crippen LogP contribution in [0, 0.1) is 10.1 Å². The van der Waals surface area contributed by atoms with E-state index in [4.69, 9.17) is 27.9 Å². The molecule has 1 aliphatic rings. The molecule has 0 radical (unpaired) electrons. The van der Waals surface area contributed by atoms with Crippen LogP contribution in [0.15, 0.2) is 133 Å². The molecule has 0 saturated heterocycles. The Morgan fingerprint density at radius 3 is 1.98 bits per heavy atom. The summed E-state index contributed by atoms with van der Waals surface area (Å²) in [6, 6.07) is 41.7. The second kappa shape index (κ2) is 11.0. The van der Waals surface area contributed by atoms with Crippen LogP contribution in [0.5, 0.6) is 5.75 Å². The Kier molecular flexibility index (Phi) is 6.88. The van der Waals surface area contributed by atoms with Gasteiger partial charge in [-0.15, -0.1) is 0 Å². The molecule has 7 aromatic carbocycles. The van der Waals surface area contributed by atoms with Gasteiger partial charge in [-0.25, -0.2) is 0 Å². The molecule has 2 atom stereocenters. The Balaban J connectivity index is 1.58. The SMILES string of the molecule is O=[N+]([O-])C1Oc2ccc3c(-c4ccccc4)cc4ccc5ccccc5c4c3c2[C@@H]1P(=O)(c1cccc(Cl)c1)c1cccc(Cl)c1. The highest BCUT2D eigenvalue weighted by atomic mass is 35.5. The standard InChI is InChI=1S/C38H24Cl2NO4P/c39-26-11-6-13-28(21-26)46(44,29-14-7-12-27(40)22-29)37-36-33(45-38(37)41(42)43)19-18-31-32(23-8-2-1-3-9-23)20-25-17-16-24-10-4-5-15-30(24)34(25)35(31)36/h1-22,37-38H/t37-,38?/m0/s1. The maximum atomic E-state index is 16.1. The molecule has 1 aliphatic heterocycles. The van der Waals surface area contributed by atoms with E-state index in [0.29, 0.717) is 32.0 Å². The minimum Gasteiger partial charge on any atom is -0.429 e. The maximum Gasteiger partial charge on any atom is 0.368 e. The number of hydrogen-bond acceptors (Lipinski definition) is 4. The predicted octanol–water partition coefficient (Wildman–Crippen LogP) is 10.2. The summed E-state index contributed by atoms with van der Waals surface area (Å²) in [5.74, 6) is 0.336. The third kappa shape index (κ3) is 4.42. The van der Waals surface area contributed by atoms with Gasteiger partial charge in [0.05, 0.1) is 4.92 Å². The van der Waals surface area contributed by atoms with Gasteiger partial charge in [-0.2, -0.15) is 0 Å². The lowest BCUT2D eigenvalue weighted by atomic mass is 9.88. The zero-order valence-corrected chi connectivity index (χ0v) is 26.5. The topological polar surface area (TPSA) is 69.4 Å². The number of halogens is 2. The lowest BCUT2D eigenvalue weighted by Crippen LogP contribution is -2.33. The predicted molar refractivity (Wildman–Crippen MR) is 188 cm³/mol. The average molecular weight is 660 g/mol. The van der Waals surface area contributed by atoms with Crippen molar-refractivity contribution in [1.29, 1.82) is 0 Å². The zero-order valence-electron chi connectivity index (χ0n) is 24.1. The Bertz CT molecular complexity index is 2360. The van der Waals surface area contributed by atoms with Gasteiger partial charge in [-0.3, -0.25) is 10.1 Å². The van der Waals surface area contributed by atoms with E-state index in [0.717, 1.165) is 43.4 Å². The first-order chi connectivity index (χ1) is 22.3. The third-order valence-corrected chi connectivity index (χ3v) is 12.7. The second-order valence-corrected chi connectivity index (χ2v) is 15.2. The number of ether oxygens (including phenoxy) is 1. The van der Waals surface area contributed by atoms with Crippen LogP contribution in [0.2, 0.25) is 10.0 Å². The van der Waals surface area contributed by atoms with E-state index in [9.17, 15) is 10.1 Å². The van der Waals surface area contributed by atoms with Crippen molar-refractivity contribution in [2.45, 2.75) is 11.9 Å². The molecule has 8 rings (SSSR count). The molecule has 0 bridgehead atoms. The van der Waals surface area contributed by atoms with Gasteiger partial charge < -0.3 is 9.30 Å². The molecule has 0 amide bonds. The monoisotopic (exact) mass is 659 g/mol. The van der Waals surface area contributed by atoms with Gasteiger partial charge in [0.15, 0.2) is 12.8 Å². The number of nitro groups is 1. The van der Waals surface area contributed by atoms with Gasteiger partial charge in [0.25, 0.3) is 0 Å². The highest BCUT2D eigenvalue weighted by Gasteiger charge is 2.56. The highest BCUT2D eigenvalue weighted by molar-refractivity contribution is 7.79. The van der Waals surface area contributed by atoms with Crippen molar-refractivity contribution < 1.29 is 14.2 Å². The second-order valence-electron chi connectivity index (χ2n) is 11.4. The molecule has 0 saturated carbocycles. The summed E-state index contributed by atoms with van der Waals surface area (Å²) in [7, 11) is -3.93. The molecule has 46 heavy (non-hydrogen) atoms. The fourth-order valence-electron chi connectivity index (χ4n) is 6.96. The molecular weight excluding hydrogens is 636 g/mol. The fourth-order valence-corrected chi connectivity index (χ4v) is 10.9. The highest BCUT2D eigenvalue weighted by Crippen LogP contribution is 2.65. The van der Waals surface area contributed by atoms with Gasteiger partial charge >= 0.3 is 6.23 Å². The van der Waals surface area contributed by atoms with Crippen molar-refractivity contribution in [3.05, 3.63) is 159 Å². The third-order valence-electron chi connectivity index (χ3n) is 8.89. The molecular formula is C38H24Cl2NO4P. The summed E-state index contributed by atoms with van der Waals surface area (Å²) in [6.07, 6.45) is -1.63. The first kappa shape index (κ1) is 28.8. The van der Waals surface area contributed by atoms with Crippen LogP contribution in [0.4, 0.5) is 0 Å². The summed E-state index contributed by atoms with van der Waals surface area (Å²) in [5, 5.41) is 20.0. The first-order valence-corrected chi connectivity index (χ1v) is 17.3. The number of fused-ring (bicyclic) bond motifs is 7. The van der Waals surface area contributed by atoms with Crippen LogP contribution >= 0.6 is 30.3 Å². The molecule has 1 unspecified atom stereocenters. The lowest BCUT2D eigenvalue weighted by Gasteiger charge is -2.27. The summed E-state index contributed by atoms with van der Waals surface area (Å²) in [4.78, 5) is 12.5. The lowest BCUT2D eigenvalue weighted by molar-refractivity contribution is -0.559. The molecule has 0 fully saturated rings. The van der Waals surface area contributed by atoms with Gasteiger partial charge in [-0.05, 0) is 79.8 Å². The van der Waals surface area contributed by atoms with Crippen LogP contribution in [-0.2, 0) is 4.57 Å². The van der Waals surface area contributed by atoms with E-state index >= 15 is 4.57 Å². The van der Waals surface area contributed by atoms with E-state index in [2.05, 4.69) is 24.3 Å². The van der Waals surface area contributed by atoms with Gasteiger partial charge in [0, 0.05) is 26.2 Å². The molecule has 0 aliphatic carbocycles. The molecule has 0 N–H and O–H groups in total. The molecule has 224 valence electrons. The Morgan fingerprint density at radius 1 is 0.652 bits per heavy atom. The Labute approximate surface area is 274 Å². The van der Waals surface area contributed by atoms with E-state index < -0.39 is 24.0 Å². The van der Waals surface area contributed by atoms with Crippen molar-refractivity contribution in [1.82, 2.24) is 0 Å². The van der Waals surface area contributed by atoms with E-state index in [1.165, 1.54) is 0 Å². The largest absolute Gasteiger partial charge is 0.429 e. The van der Waals surface area contributed by atoms with Crippen LogP contribution in [-0.4, -0.2) is 11.2 Å². The molecule has 1 heterocycles. The number of nitrogens with zero attached hydrogens (tertiary/aromatic N) is 1. The van der Waals surface area contributed by atoms with Gasteiger partial charge in [-0.1, -0.05) is 120 Å². The zero-order chi connectivity index (χ0) is 31.6. The molecule has 8 heteroatoms. The Hall–Kier alpha value is -4.67. The number of benzene rings is 7. The van der Waals surface area contributed by atoms with Crippen molar-refractivity contribution in [2.75, 3.05) is 0 Å². The molecule has 7 aromatic rings. The van der Waals surface area contributed by atoms with Gasteiger partial charge in [0.1, 0.15) is 5.75 Å². The van der Waals surface area contributed by atoms with Crippen LogP contribution in [0.25, 0.3) is 43.4 Å². The number of rotatable bonds is 5. The minimum absolute atomic E-state index is 0.336. The van der Waals surface area contributed by atoms with Crippen molar-refractivity contribution in [2.24, 2.45) is 0 Å². The normalized spacial score (nSPS) is 16.0. The van der Waals surface area contributed by atoms with Crippen LogP contribution in [0.1, 0.15) is 11.2 Å². The average Bonchev–Trinajstić information content (AvgIpc) is 3.49.